The smallest absolute Gasteiger partial charge is 0.131 e. The molecule has 0 amide bonds. The summed E-state index contributed by atoms with van der Waals surface area (Å²) >= 11 is 0. The van der Waals surface area contributed by atoms with Gasteiger partial charge in [0.15, 0.2) is 0 Å². The predicted molar refractivity (Wildman–Crippen MR) is 48.1 cm³/mol. The van der Waals surface area contributed by atoms with Gasteiger partial charge >= 0.3 is 0 Å². The fourth-order valence-electron chi connectivity index (χ4n) is 1.36. The van der Waals surface area contributed by atoms with Crippen molar-refractivity contribution in [1.82, 2.24) is 9.97 Å². The molecule has 1 aromatic heterocycles. The Labute approximate surface area is 73.1 Å². The number of aromatic nitrogens is 2. The van der Waals surface area contributed by atoms with Crippen LogP contribution < -0.4 is 0 Å². The lowest BCUT2D eigenvalue weighted by Gasteiger charge is -2.01. The van der Waals surface area contributed by atoms with Gasteiger partial charge in [-0.2, -0.15) is 0 Å². The number of aryl methyl sites for hydroxylation is 2. The second-order valence-corrected chi connectivity index (χ2v) is 3.49. The van der Waals surface area contributed by atoms with E-state index in [-0.39, 0.29) is 0 Å². The Balaban J connectivity index is 2.34. The number of hydrogen-bond donors (Lipinski definition) is 0. The van der Waals surface area contributed by atoms with Crippen molar-refractivity contribution in [2.75, 3.05) is 0 Å². The second kappa shape index (κ2) is 2.85. The van der Waals surface area contributed by atoms with Crippen molar-refractivity contribution in [1.29, 1.82) is 0 Å². The van der Waals surface area contributed by atoms with Gasteiger partial charge in [-0.15, -0.1) is 0 Å². The van der Waals surface area contributed by atoms with Crippen molar-refractivity contribution >= 4 is 0 Å². The van der Waals surface area contributed by atoms with Gasteiger partial charge < -0.3 is 0 Å². The normalized spacial score (nSPS) is 16.5. The van der Waals surface area contributed by atoms with E-state index in [1.165, 1.54) is 18.5 Å². The molecule has 12 heavy (non-hydrogen) atoms. The highest BCUT2D eigenvalue weighted by molar-refractivity contribution is 5.14. The molecule has 0 unspecified atom stereocenters. The standard InChI is InChI=1S/C10H14N2/c1-3-9-6-7(2)11-10(12-9)8-4-5-8/h6,8H,3-5H2,1-2H3. The van der Waals surface area contributed by atoms with Gasteiger partial charge in [-0.25, -0.2) is 9.97 Å². The van der Waals surface area contributed by atoms with Crippen LogP contribution in [-0.4, -0.2) is 9.97 Å². The van der Waals surface area contributed by atoms with E-state index in [2.05, 4.69) is 23.0 Å². The molecule has 1 aliphatic carbocycles. The van der Waals surface area contributed by atoms with Crippen molar-refractivity contribution in [3.63, 3.8) is 0 Å². The van der Waals surface area contributed by atoms with E-state index in [0.717, 1.165) is 17.9 Å². The SMILES string of the molecule is CCc1cc(C)nc(C2CC2)n1. The molecule has 0 spiro atoms. The highest BCUT2D eigenvalue weighted by Crippen LogP contribution is 2.37. The predicted octanol–water partition coefficient (Wildman–Crippen LogP) is 2.22. The molecule has 0 saturated heterocycles. The zero-order valence-electron chi connectivity index (χ0n) is 7.67. The molecule has 0 atom stereocenters. The van der Waals surface area contributed by atoms with Crippen molar-refractivity contribution in [2.24, 2.45) is 0 Å². The van der Waals surface area contributed by atoms with E-state index in [4.69, 9.17) is 0 Å². The molecule has 1 saturated carbocycles. The maximum Gasteiger partial charge on any atom is 0.131 e. The zero-order valence-corrected chi connectivity index (χ0v) is 7.67. The molecule has 1 heterocycles. The maximum atomic E-state index is 4.50. The highest BCUT2D eigenvalue weighted by Gasteiger charge is 2.26. The summed E-state index contributed by atoms with van der Waals surface area (Å²) in [4.78, 5) is 8.94. The molecule has 2 nitrogen and oxygen atoms in total. The third kappa shape index (κ3) is 1.47. The average molecular weight is 162 g/mol. The Bertz CT molecular complexity index is 290. The molecule has 1 aliphatic rings. The third-order valence-electron chi connectivity index (χ3n) is 2.23. The topological polar surface area (TPSA) is 25.8 Å². The molecule has 0 bridgehead atoms. The van der Waals surface area contributed by atoms with Crippen molar-refractivity contribution in [3.8, 4) is 0 Å². The molecule has 1 fully saturated rings. The molecular weight excluding hydrogens is 148 g/mol. The Hall–Kier alpha value is -0.920. The molecule has 2 heteroatoms. The summed E-state index contributed by atoms with van der Waals surface area (Å²) in [6.45, 7) is 4.19. The molecule has 2 rings (SSSR count). The number of hydrogen-bond acceptors (Lipinski definition) is 2. The van der Waals surface area contributed by atoms with Gasteiger partial charge in [0.25, 0.3) is 0 Å². The van der Waals surface area contributed by atoms with E-state index in [9.17, 15) is 0 Å². The van der Waals surface area contributed by atoms with E-state index in [0.29, 0.717) is 5.92 Å². The van der Waals surface area contributed by atoms with E-state index in [1.807, 2.05) is 6.92 Å². The Morgan fingerprint density at radius 2 is 2.17 bits per heavy atom. The first-order valence-corrected chi connectivity index (χ1v) is 4.64. The minimum atomic E-state index is 0.676. The quantitative estimate of drug-likeness (QED) is 0.666. The van der Waals surface area contributed by atoms with Crippen LogP contribution in [0, 0.1) is 6.92 Å². The maximum absolute atomic E-state index is 4.50. The summed E-state index contributed by atoms with van der Waals surface area (Å²) in [6, 6.07) is 2.08. The van der Waals surface area contributed by atoms with Gasteiger partial charge in [-0.05, 0) is 32.3 Å². The Morgan fingerprint density at radius 1 is 1.42 bits per heavy atom. The number of rotatable bonds is 2. The minimum Gasteiger partial charge on any atom is -0.238 e. The van der Waals surface area contributed by atoms with Gasteiger partial charge in [0, 0.05) is 17.3 Å². The molecule has 0 N–H and O–H groups in total. The van der Waals surface area contributed by atoms with Gasteiger partial charge in [0.1, 0.15) is 5.82 Å². The molecule has 64 valence electrons. The van der Waals surface area contributed by atoms with Crippen LogP contribution in [0.25, 0.3) is 0 Å². The lowest BCUT2D eigenvalue weighted by atomic mass is 10.2. The fraction of sp³-hybridized carbons (Fsp3) is 0.600. The van der Waals surface area contributed by atoms with E-state index >= 15 is 0 Å². The van der Waals surface area contributed by atoms with Crippen LogP contribution in [0.4, 0.5) is 0 Å². The van der Waals surface area contributed by atoms with Crippen LogP contribution in [0.5, 0.6) is 0 Å². The summed E-state index contributed by atoms with van der Waals surface area (Å²) in [7, 11) is 0. The first-order chi connectivity index (χ1) is 5.79. The summed E-state index contributed by atoms with van der Waals surface area (Å²) < 4.78 is 0. The van der Waals surface area contributed by atoms with E-state index < -0.39 is 0 Å². The molecule has 0 radical (unpaired) electrons. The minimum absolute atomic E-state index is 0.676. The lowest BCUT2D eigenvalue weighted by Crippen LogP contribution is -1.98. The summed E-state index contributed by atoms with van der Waals surface area (Å²) in [5, 5.41) is 0. The van der Waals surface area contributed by atoms with Crippen LogP contribution in [0.2, 0.25) is 0 Å². The molecule has 1 aromatic rings. The summed E-state index contributed by atoms with van der Waals surface area (Å²) in [6.07, 6.45) is 3.59. The third-order valence-corrected chi connectivity index (χ3v) is 2.23. The average Bonchev–Trinajstić information content (AvgIpc) is 2.85. The second-order valence-electron chi connectivity index (χ2n) is 3.49. The first kappa shape index (κ1) is 7.71. The van der Waals surface area contributed by atoms with Crippen LogP contribution in [0.15, 0.2) is 6.07 Å². The summed E-state index contributed by atoms with van der Waals surface area (Å²) in [5.41, 5.74) is 2.30. The van der Waals surface area contributed by atoms with Crippen LogP contribution in [0.1, 0.15) is 42.9 Å². The highest BCUT2D eigenvalue weighted by atomic mass is 14.9. The van der Waals surface area contributed by atoms with Crippen LogP contribution in [0.3, 0.4) is 0 Å². The largest absolute Gasteiger partial charge is 0.238 e. The first-order valence-electron chi connectivity index (χ1n) is 4.64. The molecular formula is C10H14N2. The van der Waals surface area contributed by atoms with Crippen molar-refractivity contribution in [2.45, 2.75) is 39.0 Å². The van der Waals surface area contributed by atoms with Gasteiger partial charge in [-0.1, -0.05) is 6.92 Å². The van der Waals surface area contributed by atoms with Gasteiger partial charge in [0.05, 0.1) is 0 Å². The zero-order chi connectivity index (χ0) is 8.55. The van der Waals surface area contributed by atoms with Crippen molar-refractivity contribution in [3.05, 3.63) is 23.3 Å². The Kier molecular flexibility index (Phi) is 1.83. The lowest BCUT2D eigenvalue weighted by molar-refractivity contribution is 0.861. The fourth-order valence-corrected chi connectivity index (χ4v) is 1.36. The van der Waals surface area contributed by atoms with Crippen LogP contribution >= 0.6 is 0 Å². The van der Waals surface area contributed by atoms with E-state index in [1.54, 1.807) is 0 Å². The van der Waals surface area contributed by atoms with Gasteiger partial charge in [-0.3, -0.25) is 0 Å². The number of nitrogens with zero attached hydrogens (tertiary/aromatic N) is 2. The summed E-state index contributed by atoms with van der Waals surface area (Å²) in [5.74, 6) is 1.75. The van der Waals surface area contributed by atoms with Gasteiger partial charge in [0.2, 0.25) is 0 Å². The molecule has 0 aromatic carbocycles. The van der Waals surface area contributed by atoms with Crippen molar-refractivity contribution < 1.29 is 0 Å². The monoisotopic (exact) mass is 162 g/mol. The van der Waals surface area contributed by atoms with Crippen LogP contribution in [-0.2, 0) is 6.42 Å². The Morgan fingerprint density at radius 3 is 2.75 bits per heavy atom. The molecule has 0 aliphatic heterocycles.